The predicted octanol–water partition coefficient (Wildman–Crippen LogP) is 1.81. The van der Waals surface area contributed by atoms with Crippen molar-refractivity contribution in [1.82, 2.24) is 18.5 Å². The summed E-state index contributed by atoms with van der Waals surface area (Å²) >= 11 is 0. The van der Waals surface area contributed by atoms with Gasteiger partial charge in [-0.3, -0.25) is 4.79 Å². The molecule has 2 aliphatic rings. The topological polar surface area (TPSA) is 74.7 Å². The quantitative estimate of drug-likeness (QED) is 0.847. The summed E-state index contributed by atoms with van der Waals surface area (Å²) in [4.78, 5) is 14.9. The number of amides is 1. The van der Waals surface area contributed by atoms with E-state index in [1.54, 1.807) is 26.2 Å². The molecular formula is C20H28N4O3S. The molecule has 0 aliphatic carbocycles. The summed E-state index contributed by atoms with van der Waals surface area (Å²) in [6.45, 7) is 5.15. The maximum absolute atomic E-state index is 13.0. The van der Waals surface area contributed by atoms with Crippen molar-refractivity contribution >= 4 is 27.0 Å². The molecule has 2 aromatic rings. The molecular weight excluding hydrogens is 376 g/mol. The van der Waals surface area contributed by atoms with Crippen LogP contribution < -0.4 is 5.32 Å². The Morgan fingerprint density at radius 3 is 2.61 bits per heavy atom. The van der Waals surface area contributed by atoms with Crippen molar-refractivity contribution in [2.75, 3.05) is 33.7 Å². The molecule has 3 heterocycles. The molecule has 0 unspecified atom stereocenters. The summed E-state index contributed by atoms with van der Waals surface area (Å²) < 4.78 is 28.6. The van der Waals surface area contributed by atoms with Crippen LogP contribution in [0.5, 0.6) is 0 Å². The van der Waals surface area contributed by atoms with Crippen LogP contribution in [0.1, 0.15) is 41.4 Å². The lowest BCUT2D eigenvalue weighted by Crippen LogP contribution is -2.37. The van der Waals surface area contributed by atoms with Gasteiger partial charge in [0.25, 0.3) is 5.91 Å². The normalized spacial score (nSPS) is 18.6. The van der Waals surface area contributed by atoms with E-state index >= 15 is 0 Å². The first-order valence-corrected chi connectivity index (χ1v) is 11.3. The van der Waals surface area contributed by atoms with Crippen LogP contribution in [0.25, 0.3) is 10.9 Å². The van der Waals surface area contributed by atoms with Crippen LogP contribution in [0.3, 0.4) is 0 Å². The number of piperidine rings is 1. The van der Waals surface area contributed by atoms with Crippen LogP contribution in [0, 0.1) is 5.92 Å². The van der Waals surface area contributed by atoms with Gasteiger partial charge in [-0.1, -0.05) is 6.92 Å². The van der Waals surface area contributed by atoms with E-state index < -0.39 is 10.2 Å². The first kappa shape index (κ1) is 19.4. The van der Waals surface area contributed by atoms with Crippen LogP contribution in [-0.4, -0.2) is 61.2 Å². The summed E-state index contributed by atoms with van der Waals surface area (Å²) in [5.41, 5.74) is 3.08. The summed E-state index contributed by atoms with van der Waals surface area (Å²) in [6, 6.07) is 5.43. The Morgan fingerprint density at radius 2 is 1.93 bits per heavy atom. The Labute approximate surface area is 166 Å². The number of carbonyl (C=O) groups excluding carboxylic acids is 1. The van der Waals surface area contributed by atoms with Crippen molar-refractivity contribution in [2.45, 2.75) is 32.7 Å². The van der Waals surface area contributed by atoms with E-state index in [-0.39, 0.29) is 5.91 Å². The van der Waals surface area contributed by atoms with E-state index in [0.717, 1.165) is 49.1 Å². The molecule has 1 amide bonds. The molecule has 0 saturated carbocycles. The Bertz CT molecular complexity index is 1020. The standard InChI is InChI=1S/C20H28N4O3S/c1-14-7-10-23(11-8-14)20(25)15-4-5-18-16(12-15)17-13-21-9-6-19(17)24(18)28(26,27)22(2)3/h4-5,12,14,21H,6-11,13H2,1-3H3. The highest BCUT2D eigenvalue weighted by Gasteiger charge is 2.29. The van der Waals surface area contributed by atoms with Crippen LogP contribution in [0.2, 0.25) is 0 Å². The second-order valence-corrected chi connectivity index (χ2v) is 10.1. The molecule has 1 fully saturated rings. The number of benzene rings is 1. The third kappa shape index (κ3) is 3.13. The van der Waals surface area contributed by atoms with Gasteiger partial charge >= 0.3 is 10.2 Å². The molecule has 2 aliphatic heterocycles. The lowest BCUT2D eigenvalue weighted by molar-refractivity contribution is 0.0697. The molecule has 0 radical (unpaired) electrons. The molecule has 0 atom stereocenters. The number of carbonyl (C=O) groups is 1. The highest BCUT2D eigenvalue weighted by Crippen LogP contribution is 2.32. The Balaban J connectivity index is 1.81. The molecule has 1 N–H and O–H groups in total. The van der Waals surface area contributed by atoms with E-state index in [9.17, 15) is 13.2 Å². The molecule has 8 heteroatoms. The van der Waals surface area contributed by atoms with Gasteiger partial charge < -0.3 is 10.2 Å². The number of nitrogens with zero attached hydrogens (tertiary/aromatic N) is 3. The summed E-state index contributed by atoms with van der Waals surface area (Å²) in [7, 11) is -0.543. The second kappa shape index (κ2) is 7.17. The molecule has 1 saturated heterocycles. The first-order valence-electron chi connectivity index (χ1n) is 9.90. The highest BCUT2D eigenvalue weighted by atomic mass is 32.2. The van der Waals surface area contributed by atoms with Gasteiger partial charge in [0.05, 0.1) is 5.52 Å². The Kier molecular flexibility index (Phi) is 4.97. The zero-order chi connectivity index (χ0) is 20.1. The van der Waals surface area contributed by atoms with Gasteiger partial charge in [-0.15, -0.1) is 0 Å². The van der Waals surface area contributed by atoms with E-state index in [1.807, 2.05) is 11.0 Å². The van der Waals surface area contributed by atoms with Crippen LogP contribution in [-0.2, 0) is 23.2 Å². The van der Waals surface area contributed by atoms with E-state index in [4.69, 9.17) is 0 Å². The minimum Gasteiger partial charge on any atom is -0.339 e. The lowest BCUT2D eigenvalue weighted by Gasteiger charge is -2.30. The van der Waals surface area contributed by atoms with Crippen LogP contribution in [0.15, 0.2) is 18.2 Å². The molecule has 0 bridgehead atoms. The SMILES string of the molecule is CC1CCN(C(=O)c2ccc3c(c2)c2c(n3S(=O)(=O)N(C)C)CCNC2)CC1. The molecule has 1 aromatic carbocycles. The average Bonchev–Trinajstić information content (AvgIpc) is 3.02. The number of fused-ring (bicyclic) bond motifs is 3. The smallest absolute Gasteiger partial charge is 0.307 e. The fraction of sp³-hybridized carbons (Fsp3) is 0.550. The molecule has 28 heavy (non-hydrogen) atoms. The van der Waals surface area contributed by atoms with Gasteiger partial charge in [-0.2, -0.15) is 12.7 Å². The van der Waals surface area contributed by atoms with Crippen molar-refractivity contribution in [3.05, 3.63) is 35.0 Å². The maximum atomic E-state index is 13.0. The number of hydrogen-bond acceptors (Lipinski definition) is 4. The van der Waals surface area contributed by atoms with Crippen molar-refractivity contribution in [2.24, 2.45) is 5.92 Å². The van der Waals surface area contributed by atoms with Gasteiger partial charge in [-0.25, -0.2) is 3.97 Å². The Hall–Kier alpha value is -1.90. The molecule has 4 rings (SSSR count). The number of likely N-dealkylation sites (tertiary alicyclic amines) is 1. The minimum atomic E-state index is -3.63. The van der Waals surface area contributed by atoms with Gasteiger partial charge in [0.1, 0.15) is 0 Å². The Morgan fingerprint density at radius 1 is 1.21 bits per heavy atom. The maximum Gasteiger partial charge on any atom is 0.307 e. The zero-order valence-corrected chi connectivity index (χ0v) is 17.6. The molecule has 1 aromatic heterocycles. The fourth-order valence-electron chi connectivity index (χ4n) is 4.20. The lowest BCUT2D eigenvalue weighted by atomic mass is 9.98. The molecule has 152 valence electrons. The first-order chi connectivity index (χ1) is 13.3. The highest BCUT2D eigenvalue weighted by molar-refractivity contribution is 7.87. The summed E-state index contributed by atoms with van der Waals surface area (Å²) in [5, 5.41) is 4.18. The third-order valence-corrected chi connectivity index (χ3v) is 7.79. The van der Waals surface area contributed by atoms with Gasteiger partial charge in [0.2, 0.25) is 0 Å². The van der Waals surface area contributed by atoms with Gasteiger partial charge in [0.15, 0.2) is 0 Å². The van der Waals surface area contributed by atoms with Crippen molar-refractivity contribution in [3.8, 4) is 0 Å². The van der Waals surface area contributed by atoms with Gasteiger partial charge in [-0.05, 0) is 42.5 Å². The summed E-state index contributed by atoms with van der Waals surface area (Å²) in [6.07, 6.45) is 2.71. The van der Waals surface area contributed by atoms with Crippen molar-refractivity contribution < 1.29 is 13.2 Å². The fourth-order valence-corrected chi connectivity index (χ4v) is 5.42. The number of hydrogen-bond donors (Lipinski definition) is 1. The third-order valence-electron chi connectivity index (χ3n) is 5.98. The molecule has 0 spiro atoms. The van der Waals surface area contributed by atoms with E-state index in [2.05, 4.69) is 12.2 Å². The monoisotopic (exact) mass is 404 g/mol. The summed E-state index contributed by atoms with van der Waals surface area (Å²) in [5.74, 6) is 0.699. The van der Waals surface area contributed by atoms with Crippen molar-refractivity contribution in [3.63, 3.8) is 0 Å². The molecule has 7 nitrogen and oxygen atoms in total. The number of nitrogens with one attached hydrogen (secondary N) is 1. The van der Waals surface area contributed by atoms with Crippen LogP contribution >= 0.6 is 0 Å². The van der Waals surface area contributed by atoms with E-state index in [1.165, 1.54) is 8.28 Å². The largest absolute Gasteiger partial charge is 0.339 e. The number of rotatable bonds is 3. The predicted molar refractivity (Wildman–Crippen MR) is 110 cm³/mol. The minimum absolute atomic E-state index is 0.0366. The second-order valence-electron chi connectivity index (χ2n) is 8.11. The van der Waals surface area contributed by atoms with Crippen molar-refractivity contribution in [1.29, 1.82) is 0 Å². The van der Waals surface area contributed by atoms with Gasteiger partial charge in [0, 0.05) is 63.3 Å². The van der Waals surface area contributed by atoms with E-state index in [0.29, 0.717) is 30.0 Å². The average molecular weight is 405 g/mol. The number of aromatic nitrogens is 1. The zero-order valence-electron chi connectivity index (χ0n) is 16.7. The van der Waals surface area contributed by atoms with Crippen LogP contribution in [0.4, 0.5) is 0 Å².